The van der Waals surface area contributed by atoms with Gasteiger partial charge in [-0.05, 0) is 12.1 Å². The molecule has 21 heavy (non-hydrogen) atoms. The average Bonchev–Trinajstić information content (AvgIpc) is 2.93. The van der Waals surface area contributed by atoms with Gasteiger partial charge in [0.05, 0.1) is 18.8 Å². The first-order valence-electron chi connectivity index (χ1n) is 6.16. The van der Waals surface area contributed by atoms with Gasteiger partial charge in [-0.3, -0.25) is 9.59 Å². The van der Waals surface area contributed by atoms with Crippen molar-refractivity contribution >= 4 is 35.2 Å². The summed E-state index contributed by atoms with van der Waals surface area (Å²) < 4.78 is 5.16. The molecule has 112 valence electrons. The summed E-state index contributed by atoms with van der Waals surface area (Å²) in [7, 11) is 0. The highest BCUT2D eigenvalue weighted by molar-refractivity contribution is 7.11. The number of ether oxygens (including phenoxy) is 1. The van der Waals surface area contributed by atoms with Crippen molar-refractivity contribution in [2.45, 2.75) is 6.04 Å². The van der Waals surface area contributed by atoms with Crippen LogP contribution < -0.4 is 5.73 Å². The smallest absolute Gasteiger partial charge is 0.328 e. The summed E-state index contributed by atoms with van der Waals surface area (Å²) in [6.07, 6.45) is 2.41. The summed E-state index contributed by atoms with van der Waals surface area (Å²) in [5.41, 5.74) is 5.67. The van der Waals surface area contributed by atoms with Gasteiger partial charge in [-0.15, -0.1) is 11.3 Å². The highest BCUT2D eigenvalue weighted by Gasteiger charge is 2.32. The molecule has 1 aromatic rings. The molecule has 0 aromatic carbocycles. The molecule has 1 aliphatic heterocycles. The molecule has 1 saturated heterocycles. The summed E-state index contributed by atoms with van der Waals surface area (Å²) in [6, 6.07) is 0.809. The Morgan fingerprint density at radius 2 is 2.24 bits per heavy atom. The second kappa shape index (κ2) is 6.51. The molecule has 1 unspecified atom stereocenters. The van der Waals surface area contributed by atoms with E-state index >= 15 is 0 Å². The lowest BCUT2D eigenvalue weighted by atomic mass is 10.1. The first kappa shape index (κ1) is 15.2. The fourth-order valence-electron chi connectivity index (χ4n) is 1.95. The monoisotopic (exact) mass is 310 g/mol. The molecule has 2 amide bonds. The van der Waals surface area contributed by atoms with E-state index < -0.39 is 17.9 Å². The van der Waals surface area contributed by atoms with Gasteiger partial charge in [-0.1, -0.05) is 0 Å². The van der Waals surface area contributed by atoms with Gasteiger partial charge in [0.1, 0.15) is 6.04 Å². The van der Waals surface area contributed by atoms with Gasteiger partial charge in [0, 0.05) is 22.9 Å². The fraction of sp³-hybridized carbons (Fsp3) is 0.308. The molecule has 0 bridgehead atoms. The zero-order valence-corrected chi connectivity index (χ0v) is 11.8. The Bertz CT molecular complexity index is 595. The molecule has 0 spiro atoms. The lowest BCUT2D eigenvalue weighted by Gasteiger charge is -2.33. The number of morpholine rings is 1. The molecule has 0 aliphatic carbocycles. The maximum atomic E-state index is 12.4. The van der Waals surface area contributed by atoms with E-state index in [2.05, 4.69) is 0 Å². The van der Waals surface area contributed by atoms with Crippen molar-refractivity contribution in [3.05, 3.63) is 28.0 Å². The normalized spacial score (nSPS) is 18.9. The summed E-state index contributed by atoms with van der Waals surface area (Å²) in [5.74, 6) is -1.98. The van der Waals surface area contributed by atoms with E-state index in [0.29, 0.717) is 23.6 Å². The number of carboxylic acids is 1. The quantitative estimate of drug-likeness (QED) is 0.770. The van der Waals surface area contributed by atoms with E-state index in [4.69, 9.17) is 15.6 Å². The van der Waals surface area contributed by atoms with Gasteiger partial charge in [0.2, 0.25) is 5.91 Å². The number of carbonyl (C=O) groups excluding carboxylic acids is 2. The molecule has 1 fully saturated rings. The fourth-order valence-corrected chi connectivity index (χ4v) is 2.73. The number of primary amides is 1. The number of rotatable bonds is 4. The van der Waals surface area contributed by atoms with Crippen LogP contribution in [0.3, 0.4) is 0 Å². The number of thiophene rings is 1. The van der Waals surface area contributed by atoms with Crippen LogP contribution >= 0.6 is 11.3 Å². The Morgan fingerprint density at radius 3 is 2.90 bits per heavy atom. The minimum atomic E-state index is -1.06. The SMILES string of the molecule is NC(=O)C1COCCN1C(=O)c1csc(/C=C/C(=O)O)c1. The number of carboxylic acid groups (broad SMARTS) is 1. The van der Waals surface area contributed by atoms with Crippen LogP contribution in [0.4, 0.5) is 0 Å². The summed E-state index contributed by atoms with van der Waals surface area (Å²) in [6.45, 7) is 0.741. The van der Waals surface area contributed by atoms with Crippen molar-refractivity contribution < 1.29 is 24.2 Å². The second-order valence-electron chi connectivity index (χ2n) is 4.40. The minimum Gasteiger partial charge on any atom is -0.478 e. The lowest BCUT2D eigenvalue weighted by Crippen LogP contribution is -2.54. The van der Waals surface area contributed by atoms with Crippen LogP contribution in [0.1, 0.15) is 15.2 Å². The highest BCUT2D eigenvalue weighted by Crippen LogP contribution is 2.20. The minimum absolute atomic E-state index is 0.0942. The molecule has 7 nitrogen and oxygen atoms in total. The molecular weight excluding hydrogens is 296 g/mol. The topological polar surface area (TPSA) is 110 Å². The predicted molar refractivity (Wildman–Crippen MR) is 75.8 cm³/mol. The van der Waals surface area contributed by atoms with Crippen molar-refractivity contribution in [2.24, 2.45) is 5.73 Å². The largest absolute Gasteiger partial charge is 0.478 e. The highest BCUT2D eigenvalue weighted by atomic mass is 32.1. The van der Waals surface area contributed by atoms with Gasteiger partial charge >= 0.3 is 5.97 Å². The Labute approximate surface area is 124 Å². The van der Waals surface area contributed by atoms with Gasteiger partial charge in [-0.2, -0.15) is 0 Å². The van der Waals surface area contributed by atoms with E-state index in [0.717, 1.165) is 6.08 Å². The van der Waals surface area contributed by atoms with Gasteiger partial charge in [0.15, 0.2) is 0 Å². The number of aliphatic carboxylic acids is 1. The van der Waals surface area contributed by atoms with Crippen molar-refractivity contribution in [3.8, 4) is 0 Å². The Morgan fingerprint density at radius 1 is 1.48 bits per heavy atom. The molecule has 1 aromatic heterocycles. The third-order valence-electron chi connectivity index (χ3n) is 2.97. The van der Waals surface area contributed by atoms with Crippen LogP contribution in [0, 0.1) is 0 Å². The molecule has 1 aliphatic rings. The third kappa shape index (κ3) is 3.67. The number of nitrogens with zero attached hydrogens (tertiary/aromatic N) is 1. The molecule has 1 atom stereocenters. The first-order chi connectivity index (χ1) is 9.99. The number of hydrogen-bond donors (Lipinski definition) is 2. The average molecular weight is 310 g/mol. The van der Waals surface area contributed by atoms with Gasteiger partial charge < -0.3 is 20.5 Å². The number of nitrogens with two attached hydrogens (primary N) is 1. The number of amides is 2. The standard InChI is InChI=1S/C13H14N2O5S/c14-12(18)10-6-20-4-3-15(10)13(19)8-5-9(21-7-8)1-2-11(16)17/h1-2,5,7,10H,3-4,6H2,(H2,14,18)(H,16,17)/b2-1+. The Hall–Kier alpha value is -2.19. The summed E-state index contributed by atoms with van der Waals surface area (Å²) >= 11 is 1.25. The second-order valence-corrected chi connectivity index (χ2v) is 5.34. The zero-order chi connectivity index (χ0) is 15.4. The van der Waals surface area contributed by atoms with Crippen LogP contribution in [0.25, 0.3) is 6.08 Å². The van der Waals surface area contributed by atoms with Gasteiger partial charge in [-0.25, -0.2) is 4.79 Å². The maximum Gasteiger partial charge on any atom is 0.328 e. The van der Waals surface area contributed by atoms with Crippen LogP contribution in [0.2, 0.25) is 0 Å². The lowest BCUT2D eigenvalue weighted by molar-refractivity contribution is -0.131. The third-order valence-corrected chi connectivity index (χ3v) is 3.87. The Kier molecular flexibility index (Phi) is 4.71. The molecule has 2 rings (SSSR count). The predicted octanol–water partition coefficient (Wildman–Crippen LogP) is 0.172. The van der Waals surface area contributed by atoms with Crippen molar-refractivity contribution in [3.63, 3.8) is 0 Å². The summed E-state index contributed by atoms with van der Waals surface area (Å²) in [4.78, 5) is 36.2. The maximum absolute atomic E-state index is 12.4. The van der Waals surface area contributed by atoms with Crippen LogP contribution in [-0.4, -0.2) is 53.6 Å². The van der Waals surface area contributed by atoms with Crippen molar-refractivity contribution in [1.82, 2.24) is 4.90 Å². The van der Waals surface area contributed by atoms with E-state index in [-0.39, 0.29) is 12.5 Å². The van der Waals surface area contributed by atoms with Crippen LogP contribution in [0.5, 0.6) is 0 Å². The van der Waals surface area contributed by atoms with Crippen LogP contribution in [-0.2, 0) is 14.3 Å². The van der Waals surface area contributed by atoms with E-state index in [1.165, 1.54) is 22.3 Å². The number of hydrogen-bond acceptors (Lipinski definition) is 5. The van der Waals surface area contributed by atoms with Crippen LogP contribution in [0.15, 0.2) is 17.5 Å². The first-order valence-corrected chi connectivity index (χ1v) is 7.04. The van der Waals surface area contributed by atoms with Crippen molar-refractivity contribution in [1.29, 1.82) is 0 Å². The molecule has 0 saturated carbocycles. The van der Waals surface area contributed by atoms with E-state index in [1.54, 1.807) is 11.4 Å². The molecule has 3 N–H and O–H groups in total. The Balaban J connectivity index is 2.15. The molecular formula is C13H14N2O5S. The molecule has 0 radical (unpaired) electrons. The van der Waals surface area contributed by atoms with Gasteiger partial charge in [0.25, 0.3) is 5.91 Å². The zero-order valence-electron chi connectivity index (χ0n) is 11.0. The molecule has 2 heterocycles. The molecule has 8 heteroatoms. The van der Waals surface area contributed by atoms with E-state index in [9.17, 15) is 14.4 Å². The summed E-state index contributed by atoms with van der Waals surface area (Å²) in [5, 5.41) is 10.2. The van der Waals surface area contributed by atoms with E-state index in [1.807, 2.05) is 0 Å². The van der Waals surface area contributed by atoms with Crippen molar-refractivity contribution in [2.75, 3.05) is 19.8 Å². The number of carbonyl (C=O) groups is 3.